The van der Waals surface area contributed by atoms with Crippen LogP contribution in [-0.4, -0.2) is 16.8 Å². The topological polar surface area (TPSA) is 71.1 Å². The number of carbonyl (C=O) groups is 2. The Morgan fingerprint density at radius 1 is 1.25 bits per heavy atom. The highest BCUT2D eigenvalue weighted by atomic mass is 32.1. The zero-order valence-electron chi connectivity index (χ0n) is 13.9. The highest BCUT2D eigenvalue weighted by Gasteiger charge is 2.20. The van der Waals surface area contributed by atoms with E-state index in [1.165, 1.54) is 11.8 Å². The predicted octanol–water partition coefficient (Wildman–Crippen LogP) is 3.15. The summed E-state index contributed by atoms with van der Waals surface area (Å²) in [4.78, 5) is 29.6. The van der Waals surface area contributed by atoms with Crippen LogP contribution in [0.2, 0.25) is 0 Å². The summed E-state index contributed by atoms with van der Waals surface area (Å²) in [6.45, 7) is 3.47. The lowest BCUT2D eigenvalue weighted by Crippen LogP contribution is -2.29. The van der Waals surface area contributed by atoms with Crippen LogP contribution in [0.5, 0.6) is 0 Å². The number of amides is 2. The monoisotopic (exact) mass is 343 g/mol. The average molecular weight is 343 g/mol. The van der Waals surface area contributed by atoms with E-state index >= 15 is 0 Å². The molecule has 1 heterocycles. The highest BCUT2D eigenvalue weighted by molar-refractivity contribution is 7.15. The third kappa shape index (κ3) is 4.00. The molecule has 1 aromatic heterocycles. The number of fused-ring (bicyclic) bond motifs is 1. The minimum absolute atomic E-state index is 0.137. The molecule has 24 heavy (non-hydrogen) atoms. The van der Waals surface area contributed by atoms with Crippen LogP contribution in [0.25, 0.3) is 0 Å². The van der Waals surface area contributed by atoms with Crippen molar-refractivity contribution < 1.29 is 9.59 Å². The smallest absolute Gasteiger partial charge is 0.228 e. The third-order valence-electron chi connectivity index (χ3n) is 4.09. The Balaban J connectivity index is 1.67. The predicted molar refractivity (Wildman–Crippen MR) is 95.1 cm³/mol. The summed E-state index contributed by atoms with van der Waals surface area (Å²) < 4.78 is 0. The zero-order valence-corrected chi connectivity index (χ0v) is 14.7. The van der Waals surface area contributed by atoms with E-state index in [-0.39, 0.29) is 24.3 Å². The first-order chi connectivity index (χ1) is 11.5. The van der Waals surface area contributed by atoms with Crippen LogP contribution in [-0.2, 0) is 22.4 Å². The van der Waals surface area contributed by atoms with Gasteiger partial charge in [-0.3, -0.25) is 9.59 Å². The summed E-state index contributed by atoms with van der Waals surface area (Å²) in [7, 11) is 0. The van der Waals surface area contributed by atoms with Crippen LogP contribution in [0.15, 0.2) is 24.3 Å². The number of benzene rings is 1. The van der Waals surface area contributed by atoms with Gasteiger partial charge in [0.05, 0.1) is 18.2 Å². The summed E-state index contributed by atoms with van der Waals surface area (Å²) in [6, 6.07) is 7.51. The van der Waals surface area contributed by atoms with Gasteiger partial charge in [-0.05, 0) is 31.7 Å². The molecular formula is C18H21N3O2S. The minimum Gasteiger partial charge on any atom is -0.349 e. The van der Waals surface area contributed by atoms with Gasteiger partial charge in [0.15, 0.2) is 5.13 Å². The minimum atomic E-state index is -0.338. The Hall–Kier alpha value is -2.21. The van der Waals surface area contributed by atoms with E-state index in [0.717, 1.165) is 36.1 Å². The molecule has 0 aliphatic heterocycles. The first kappa shape index (κ1) is 16.6. The number of aryl methyl sites for hydroxylation is 3. The number of rotatable bonds is 5. The van der Waals surface area contributed by atoms with Crippen molar-refractivity contribution in [3.63, 3.8) is 0 Å². The number of aromatic nitrogens is 1. The average Bonchev–Trinajstić information content (AvgIpc) is 3.08. The Morgan fingerprint density at radius 2 is 2.00 bits per heavy atom. The lowest BCUT2D eigenvalue weighted by molar-refractivity contribution is -0.120. The lowest BCUT2D eigenvalue weighted by atomic mass is 10.0. The molecule has 126 valence electrons. The van der Waals surface area contributed by atoms with E-state index in [9.17, 15) is 9.59 Å². The van der Waals surface area contributed by atoms with Crippen molar-refractivity contribution in [1.29, 1.82) is 0 Å². The summed E-state index contributed by atoms with van der Waals surface area (Å²) in [5, 5.41) is 6.39. The van der Waals surface area contributed by atoms with E-state index in [2.05, 4.69) is 15.6 Å². The first-order valence-electron chi connectivity index (χ1n) is 8.13. The lowest BCUT2D eigenvalue weighted by Gasteiger charge is -2.18. The first-order valence-corrected chi connectivity index (χ1v) is 8.95. The van der Waals surface area contributed by atoms with Gasteiger partial charge in [0.25, 0.3) is 0 Å². The number of hydrogen-bond acceptors (Lipinski definition) is 4. The summed E-state index contributed by atoms with van der Waals surface area (Å²) in [6.07, 6.45) is 3.40. The van der Waals surface area contributed by atoms with Gasteiger partial charge in [0.1, 0.15) is 0 Å². The maximum atomic E-state index is 12.4. The van der Waals surface area contributed by atoms with Crippen LogP contribution < -0.4 is 10.6 Å². The Kier molecular flexibility index (Phi) is 4.94. The SMILES string of the molecule is CC(=O)N[C@H](CC(=O)Nc1nc2c(s1)CCC2)c1ccc(C)cc1. The molecule has 2 N–H and O–H groups in total. The van der Waals surface area contributed by atoms with Crippen LogP contribution in [0.4, 0.5) is 5.13 Å². The van der Waals surface area contributed by atoms with Crippen LogP contribution >= 0.6 is 11.3 Å². The van der Waals surface area contributed by atoms with Crippen molar-refractivity contribution in [3.8, 4) is 0 Å². The van der Waals surface area contributed by atoms with Crippen molar-refractivity contribution >= 4 is 28.3 Å². The van der Waals surface area contributed by atoms with Gasteiger partial charge >= 0.3 is 0 Å². The maximum Gasteiger partial charge on any atom is 0.228 e. The molecular weight excluding hydrogens is 322 g/mol. The van der Waals surface area contributed by atoms with Crippen molar-refractivity contribution in [1.82, 2.24) is 10.3 Å². The van der Waals surface area contributed by atoms with E-state index in [1.54, 1.807) is 11.3 Å². The second kappa shape index (κ2) is 7.13. The molecule has 0 saturated carbocycles. The van der Waals surface area contributed by atoms with Crippen LogP contribution in [0.1, 0.15) is 47.5 Å². The van der Waals surface area contributed by atoms with E-state index in [4.69, 9.17) is 0 Å². The van der Waals surface area contributed by atoms with Gasteiger partial charge in [-0.2, -0.15) is 0 Å². The molecule has 6 heteroatoms. The molecule has 2 amide bonds. The number of hydrogen-bond donors (Lipinski definition) is 2. The molecule has 1 atom stereocenters. The second-order valence-corrected chi connectivity index (χ2v) is 7.24. The van der Waals surface area contributed by atoms with Crippen molar-refractivity contribution in [2.45, 2.75) is 45.6 Å². The maximum absolute atomic E-state index is 12.4. The van der Waals surface area contributed by atoms with Gasteiger partial charge < -0.3 is 10.6 Å². The van der Waals surface area contributed by atoms with Crippen molar-refractivity contribution in [2.24, 2.45) is 0 Å². The van der Waals surface area contributed by atoms with E-state index in [0.29, 0.717) is 5.13 Å². The largest absolute Gasteiger partial charge is 0.349 e. The van der Waals surface area contributed by atoms with Crippen LogP contribution in [0.3, 0.4) is 0 Å². The number of nitrogens with one attached hydrogen (secondary N) is 2. The fraction of sp³-hybridized carbons (Fsp3) is 0.389. The van der Waals surface area contributed by atoms with Gasteiger partial charge in [0, 0.05) is 11.8 Å². The normalized spacial score (nSPS) is 14.1. The number of anilines is 1. The summed E-state index contributed by atoms with van der Waals surface area (Å²) in [5.74, 6) is -0.289. The molecule has 0 fully saturated rings. The fourth-order valence-electron chi connectivity index (χ4n) is 2.90. The van der Waals surface area contributed by atoms with Crippen molar-refractivity contribution in [2.75, 3.05) is 5.32 Å². The Bertz CT molecular complexity index is 731. The quantitative estimate of drug-likeness (QED) is 0.876. The second-order valence-electron chi connectivity index (χ2n) is 6.16. The van der Waals surface area contributed by atoms with Gasteiger partial charge in [-0.25, -0.2) is 4.98 Å². The third-order valence-corrected chi connectivity index (χ3v) is 5.16. The molecule has 0 saturated heterocycles. The molecule has 1 aromatic carbocycles. The van der Waals surface area contributed by atoms with E-state index in [1.807, 2.05) is 31.2 Å². The highest BCUT2D eigenvalue weighted by Crippen LogP contribution is 2.30. The summed E-state index contributed by atoms with van der Waals surface area (Å²) >= 11 is 1.56. The van der Waals surface area contributed by atoms with Gasteiger partial charge in [-0.15, -0.1) is 11.3 Å². The van der Waals surface area contributed by atoms with Crippen molar-refractivity contribution in [3.05, 3.63) is 46.0 Å². The Morgan fingerprint density at radius 3 is 2.67 bits per heavy atom. The molecule has 0 radical (unpaired) electrons. The van der Waals surface area contributed by atoms with Gasteiger partial charge in [-0.1, -0.05) is 29.8 Å². The molecule has 5 nitrogen and oxygen atoms in total. The number of carbonyl (C=O) groups excluding carboxylic acids is 2. The zero-order chi connectivity index (χ0) is 17.1. The Labute approximate surface area is 145 Å². The molecule has 1 aliphatic rings. The van der Waals surface area contributed by atoms with Crippen LogP contribution in [0, 0.1) is 6.92 Å². The molecule has 0 unspecified atom stereocenters. The summed E-state index contributed by atoms with van der Waals surface area (Å²) in [5.41, 5.74) is 3.18. The number of nitrogens with zero attached hydrogens (tertiary/aromatic N) is 1. The molecule has 2 aromatic rings. The number of thiazole rings is 1. The molecule has 1 aliphatic carbocycles. The molecule has 0 spiro atoms. The fourth-order valence-corrected chi connectivity index (χ4v) is 3.96. The molecule has 3 rings (SSSR count). The standard InChI is InChI=1S/C18H21N3O2S/c1-11-6-8-13(9-7-11)15(19-12(2)22)10-17(23)21-18-20-14-4-3-5-16(14)24-18/h6-9,15H,3-5,10H2,1-2H3,(H,19,22)(H,20,21,23)/t15-/m1/s1. The molecule has 0 bridgehead atoms. The van der Waals surface area contributed by atoms with E-state index < -0.39 is 0 Å². The van der Waals surface area contributed by atoms with Gasteiger partial charge in [0.2, 0.25) is 11.8 Å².